The largest absolute Gasteiger partial charge is 0.481 e. The fraction of sp³-hybridized carbons (Fsp3) is 0.765. The second-order valence-electron chi connectivity index (χ2n) is 7.12. The van der Waals surface area contributed by atoms with Gasteiger partial charge in [-0.25, -0.2) is 4.79 Å². The molecule has 0 saturated heterocycles. The fourth-order valence-corrected chi connectivity index (χ4v) is 4.32. The number of fused-ring (bicyclic) bond motifs is 2. The first-order chi connectivity index (χ1) is 10.6. The van der Waals surface area contributed by atoms with E-state index in [1.54, 1.807) is 0 Å². The zero-order valence-corrected chi connectivity index (χ0v) is 13.0. The molecule has 0 heterocycles. The van der Waals surface area contributed by atoms with Crippen molar-refractivity contribution in [3.63, 3.8) is 0 Å². The molecule has 2 bridgehead atoms. The lowest BCUT2D eigenvalue weighted by atomic mass is 9.86. The molecule has 0 aliphatic heterocycles. The molecule has 122 valence electrons. The Morgan fingerprint density at radius 2 is 1.86 bits per heavy atom. The molecule has 0 aromatic carbocycles. The number of hydrogen-bond donors (Lipinski definition) is 3. The summed E-state index contributed by atoms with van der Waals surface area (Å²) in [5, 5.41) is 14.9. The molecule has 5 heteroatoms. The quantitative estimate of drug-likeness (QED) is 0.683. The molecule has 1 unspecified atom stereocenters. The van der Waals surface area contributed by atoms with Crippen LogP contribution in [0.5, 0.6) is 0 Å². The normalized spacial score (nSPS) is 36.3. The number of carboxylic acids is 1. The standard InChI is InChI=1S/C17H26N2O3/c20-16(21)12-3-5-15(6-4-12)19-17(22)18-8-7-14-10-11-1-2-13(14)9-11/h1-2,11-15H,3-10H2,(H,20,21)(H2,18,19,22)/t11-,12?,13+,14?,15?/m1/s1. The van der Waals surface area contributed by atoms with Crippen molar-refractivity contribution >= 4 is 12.0 Å². The summed E-state index contributed by atoms with van der Waals surface area (Å²) < 4.78 is 0. The molecule has 22 heavy (non-hydrogen) atoms. The first-order valence-electron chi connectivity index (χ1n) is 8.57. The van der Waals surface area contributed by atoms with Crippen molar-refractivity contribution in [3.05, 3.63) is 12.2 Å². The van der Waals surface area contributed by atoms with Gasteiger partial charge in [-0.2, -0.15) is 0 Å². The van der Waals surface area contributed by atoms with Crippen LogP contribution in [0.3, 0.4) is 0 Å². The number of carbonyl (C=O) groups excluding carboxylic acids is 1. The molecule has 3 aliphatic rings. The zero-order valence-electron chi connectivity index (χ0n) is 13.0. The van der Waals surface area contributed by atoms with Crippen molar-refractivity contribution in [1.82, 2.24) is 10.6 Å². The summed E-state index contributed by atoms with van der Waals surface area (Å²) in [6.45, 7) is 0.734. The number of carboxylic acid groups (broad SMARTS) is 1. The molecule has 0 aromatic rings. The van der Waals surface area contributed by atoms with Gasteiger partial charge in [-0.05, 0) is 62.7 Å². The van der Waals surface area contributed by atoms with E-state index in [2.05, 4.69) is 22.8 Å². The van der Waals surface area contributed by atoms with Crippen LogP contribution in [-0.4, -0.2) is 29.7 Å². The zero-order chi connectivity index (χ0) is 15.5. The van der Waals surface area contributed by atoms with Crippen LogP contribution in [0, 0.1) is 23.7 Å². The highest BCUT2D eigenvalue weighted by molar-refractivity contribution is 5.74. The Kier molecular flexibility index (Phi) is 4.69. The molecular formula is C17H26N2O3. The minimum absolute atomic E-state index is 0.0996. The summed E-state index contributed by atoms with van der Waals surface area (Å²) in [6, 6.07) is 0.0264. The van der Waals surface area contributed by atoms with Gasteiger partial charge in [-0.15, -0.1) is 0 Å². The van der Waals surface area contributed by atoms with Gasteiger partial charge < -0.3 is 15.7 Å². The molecule has 3 aliphatic carbocycles. The molecule has 0 radical (unpaired) electrons. The van der Waals surface area contributed by atoms with E-state index in [9.17, 15) is 9.59 Å². The lowest BCUT2D eigenvalue weighted by molar-refractivity contribution is -0.142. The number of carbonyl (C=O) groups is 2. The minimum Gasteiger partial charge on any atom is -0.481 e. The number of allylic oxidation sites excluding steroid dienone is 2. The Bertz CT molecular complexity index is 455. The maximum absolute atomic E-state index is 11.9. The van der Waals surface area contributed by atoms with Crippen LogP contribution in [0.4, 0.5) is 4.79 Å². The fourth-order valence-electron chi connectivity index (χ4n) is 4.32. The Balaban J connectivity index is 1.30. The molecule has 3 N–H and O–H groups in total. The Hall–Kier alpha value is -1.52. The number of rotatable bonds is 5. The Labute approximate surface area is 131 Å². The van der Waals surface area contributed by atoms with Crippen molar-refractivity contribution < 1.29 is 14.7 Å². The SMILES string of the molecule is O=C(NCCC1C[C@@H]2C=C[C@H]1C2)NC1CCC(C(=O)O)CC1. The number of amides is 2. The van der Waals surface area contributed by atoms with Crippen LogP contribution in [0.2, 0.25) is 0 Å². The molecule has 2 fully saturated rings. The van der Waals surface area contributed by atoms with E-state index in [0.717, 1.165) is 43.6 Å². The van der Waals surface area contributed by atoms with Crippen LogP contribution in [0.1, 0.15) is 44.9 Å². The molecule has 0 aromatic heterocycles. The average Bonchev–Trinajstić information content (AvgIpc) is 3.10. The number of aliphatic carboxylic acids is 1. The van der Waals surface area contributed by atoms with Crippen molar-refractivity contribution in [2.45, 2.75) is 51.0 Å². The Morgan fingerprint density at radius 3 is 2.45 bits per heavy atom. The highest BCUT2D eigenvalue weighted by Crippen LogP contribution is 2.44. The second kappa shape index (κ2) is 6.71. The van der Waals surface area contributed by atoms with Crippen molar-refractivity contribution in [2.24, 2.45) is 23.7 Å². The van der Waals surface area contributed by atoms with Crippen LogP contribution >= 0.6 is 0 Å². The molecule has 2 amide bonds. The second-order valence-corrected chi connectivity index (χ2v) is 7.12. The van der Waals surface area contributed by atoms with Crippen molar-refractivity contribution in [3.8, 4) is 0 Å². The predicted molar refractivity (Wildman–Crippen MR) is 83.4 cm³/mol. The van der Waals surface area contributed by atoms with Crippen molar-refractivity contribution in [1.29, 1.82) is 0 Å². The summed E-state index contributed by atoms with van der Waals surface area (Å²) in [5.74, 6) is 1.32. The van der Waals surface area contributed by atoms with Gasteiger partial charge >= 0.3 is 12.0 Å². The third kappa shape index (κ3) is 3.62. The number of urea groups is 1. The van der Waals surface area contributed by atoms with Crippen LogP contribution in [0.15, 0.2) is 12.2 Å². The van der Waals surface area contributed by atoms with Gasteiger partial charge in [0, 0.05) is 12.6 Å². The summed E-state index contributed by atoms with van der Waals surface area (Å²) >= 11 is 0. The lowest BCUT2D eigenvalue weighted by Crippen LogP contribution is -2.44. The highest BCUT2D eigenvalue weighted by atomic mass is 16.4. The van der Waals surface area contributed by atoms with Gasteiger partial charge in [0.2, 0.25) is 0 Å². The number of nitrogens with one attached hydrogen (secondary N) is 2. The molecule has 2 saturated carbocycles. The van der Waals surface area contributed by atoms with E-state index in [-0.39, 0.29) is 18.0 Å². The van der Waals surface area contributed by atoms with Gasteiger partial charge in [-0.3, -0.25) is 4.79 Å². The molecular weight excluding hydrogens is 280 g/mol. The third-order valence-corrected chi connectivity index (χ3v) is 5.63. The van der Waals surface area contributed by atoms with E-state index >= 15 is 0 Å². The van der Waals surface area contributed by atoms with Gasteiger partial charge in [-0.1, -0.05) is 12.2 Å². The van der Waals surface area contributed by atoms with Crippen molar-refractivity contribution in [2.75, 3.05) is 6.54 Å². The minimum atomic E-state index is -0.706. The van der Waals surface area contributed by atoms with E-state index in [0.29, 0.717) is 12.8 Å². The topological polar surface area (TPSA) is 78.4 Å². The van der Waals surface area contributed by atoms with Crippen LogP contribution in [-0.2, 0) is 4.79 Å². The lowest BCUT2D eigenvalue weighted by Gasteiger charge is -2.27. The first kappa shape index (κ1) is 15.4. The maximum Gasteiger partial charge on any atom is 0.315 e. The summed E-state index contributed by atoms with van der Waals surface area (Å²) in [4.78, 5) is 22.8. The summed E-state index contributed by atoms with van der Waals surface area (Å²) in [6.07, 6.45) is 11.2. The third-order valence-electron chi connectivity index (χ3n) is 5.63. The van der Waals surface area contributed by atoms with E-state index < -0.39 is 5.97 Å². The van der Waals surface area contributed by atoms with E-state index in [1.165, 1.54) is 12.8 Å². The van der Waals surface area contributed by atoms with Gasteiger partial charge in [0.1, 0.15) is 0 Å². The van der Waals surface area contributed by atoms with Gasteiger partial charge in [0.15, 0.2) is 0 Å². The highest BCUT2D eigenvalue weighted by Gasteiger charge is 2.35. The maximum atomic E-state index is 11.9. The number of hydrogen-bond acceptors (Lipinski definition) is 2. The van der Waals surface area contributed by atoms with Crippen LogP contribution < -0.4 is 10.6 Å². The molecule has 3 rings (SSSR count). The first-order valence-corrected chi connectivity index (χ1v) is 8.57. The predicted octanol–water partition coefficient (Wildman–Crippen LogP) is 2.53. The monoisotopic (exact) mass is 306 g/mol. The van der Waals surface area contributed by atoms with E-state index in [1.807, 2.05) is 0 Å². The average molecular weight is 306 g/mol. The smallest absolute Gasteiger partial charge is 0.315 e. The molecule has 0 spiro atoms. The van der Waals surface area contributed by atoms with Gasteiger partial charge in [0.05, 0.1) is 5.92 Å². The van der Waals surface area contributed by atoms with E-state index in [4.69, 9.17) is 5.11 Å². The van der Waals surface area contributed by atoms with Crippen LogP contribution in [0.25, 0.3) is 0 Å². The van der Waals surface area contributed by atoms with Gasteiger partial charge in [0.25, 0.3) is 0 Å². The molecule has 5 nitrogen and oxygen atoms in total. The summed E-state index contributed by atoms with van der Waals surface area (Å²) in [7, 11) is 0. The molecule has 3 atom stereocenters. The summed E-state index contributed by atoms with van der Waals surface area (Å²) in [5.41, 5.74) is 0. The Morgan fingerprint density at radius 1 is 1.09 bits per heavy atom.